The quantitative estimate of drug-likeness (QED) is 0.264. The maximum atomic E-state index is 13.3. The van der Waals surface area contributed by atoms with Crippen molar-refractivity contribution >= 4 is 28.6 Å². The molecule has 0 aromatic heterocycles. The lowest BCUT2D eigenvalue weighted by atomic mass is 9.99. The van der Waals surface area contributed by atoms with E-state index in [4.69, 9.17) is 10.8 Å². The number of benzene rings is 3. The molecular formula is C32H41FN4O4. The molecule has 0 heterocycles. The lowest BCUT2D eigenvalue weighted by Crippen LogP contribution is -2.54. The first-order chi connectivity index (χ1) is 19.3. The molecule has 0 radical (unpaired) electrons. The molecule has 0 aliphatic carbocycles. The summed E-state index contributed by atoms with van der Waals surface area (Å²) < 4.78 is 13.2. The zero-order valence-corrected chi connectivity index (χ0v) is 24.4. The number of nitrogens with one attached hydrogen (secondary N) is 2. The molecule has 0 saturated carbocycles. The van der Waals surface area contributed by atoms with Crippen molar-refractivity contribution in [2.45, 2.75) is 50.7 Å². The van der Waals surface area contributed by atoms with Crippen molar-refractivity contribution < 1.29 is 23.9 Å². The average molecular weight is 565 g/mol. The Labute approximate surface area is 241 Å². The number of carbonyl (C=O) groups excluding carboxylic acids is 2. The summed E-state index contributed by atoms with van der Waals surface area (Å²) in [5.41, 5.74) is 7.08. The second-order valence-electron chi connectivity index (χ2n) is 10.6. The van der Waals surface area contributed by atoms with E-state index in [1.807, 2.05) is 44.2 Å². The van der Waals surface area contributed by atoms with Gasteiger partial charge >= 0.3 is 5.97 Å². The fraction of sp³-hybridized carbons (Fsp3) is 0.344. The van der Waals surface area contributed by atoms with Crippen LogP contribution in [0.2, 0.25) is 0 Å². The predicted molar refractivity (Wildman–Crippen MR) is 161 cm³/mol. The fourth-order valence-electron chi connectivity index (χ4n) is 4.19. The highest BCUT2D eigenvalue weighted by molar-refractivity contribution is 5.90. The minimum atomic E-state index is -0.927. The summed E-state index contributed by atoms with van der Waals surface area (Å²) in [6.07, 6.45) is 4.05. The highest BCUT2D eigenvalue weighted by Gasteiger charge is 2.30. The van der Waals surface area contributed by atoms with E-state index in [0.717, 1.165) is 28.0 Å². The summed E-state index contributed by atoms with van der Waals surface area (Å²) >= 11 is 0. The number of aliphatic carboxylic acids is 1. The van der Waals surface area contributed by atoms with E-state index in [-0.39, 0.29) is 23.2 Å². The summed E-state index contributed by atoms with van der Waals surface area (Å²) in [6.45, 7) is 3.69. The van der Waals surface area contributed by atoms with Crippen LogP contribution in [-0.2, 0) is 27.2 Å². The number of carboxylic acid groups (broad SMARTS) is 1. The van der Waals surface area contributed by atoms with Crippen LogP contribution in [0.5, 0.6) is 0 Å². The van der Waals surface area contributed by atoms with Gasteiger partial charge in [0.1, 0.15) is 11.9 Å². The first kappa shape index (κ1) is 33.1. The van der Waals surface area contributed by atoms with Crippen LogP contribution in [0.3, 0.4) is 0 Å². The van der Waals surface area contributed by atoms with Crippen molar-refractivity contribution in [2.75, 3.05) is 21.1 Å². The van der Waals surface area contributed by atoms with Gasteiger partial charge in [-0.05, 0) is 67.8 Å². The Morgan fingerprint density at radius 2 is 1.59 bits per heavy atom. The maximum Gasteiger partial charge on any atom is 0.327 e. The zero-order valence-electron chi connectivity index (χ0n) is 24.4. The summed E-state index contributed by atoms with van der Waals surface area (Å²) in [6, 6.07) is 19.0. The number of halogens is 1. The van der Waals surface area contributed by atoms with E-state index in [0.29, 0.717) is 19.3 Å². The van der Waals surface area contributed by atoms with E-state index < -0.39 is 18.1 Å². The molecule has 3 aromatic rings. The van der Waals surface area contributed by atoms with E-state index in [1.54, 1.807) is 39.4 Å². The molecule has 0 aliphatic rings. The third-order valence-corrected chi connectivity index (χ3v) is 6.51. The average Bonchev–Trinajstić information content (AvgIpc) is 2.93. The Morgan fingerprint density at radius 1 is 0.976 bits per heavy atom. The summed E-state index contributed by atoms with van der Waals surface area (Å²) in [4.78, 5) is 37.3. The van der Waals surface area contributed by atoms with Crippen LogP contribution in [0, 0.1) is 5.82 Å². The van der Waals surface area contributed by atoms with Crippen LogP contribution in [0.15, 0.2) is 78.9 Å². The number of likely N-dealkylation sites (N-methyl/N-ethyl adjacent to an activating group) is 3. The molecule has 0 unspecified atom stereocenters. The van der Waals surface area contributed by atoms with Gasteiger partial charge in [-0.1, -0.05) is 60.7 Å². The van der Waals surface area contributed by atoms with Gasteiger partial charge in [-0.25, -0.2) is 9.18 Å². The molecule has 2 amide bonds. The van der Waals surface area contributed by atoms with Crippen LogP contribution in [0.25, 0.3) is 10.8 Å². The third kappa shape index (κ3) is 11.1. The largest absolute Gasteiger partial charge is 0.478 e. The van der Waals surface area contributed by atoms with Gasteiger partial charge in [0, 0.05) is 32.1 Å². The number of carbonyl (C=O) groups is 3. The molecule has 3 aromatic carbocycles. The Balaban J connectivity index is 0.000000503. The van der Waals surface area contributed by atoms with Crippen molar-refractivity contribution in [1.29, 1.82) is 0 Å². The van der Waals surface area contributed by atoms with Gasteiger partial charge in [-0.15, -0.1) is 0 Å². The molecule has 2 atom stereocenters. The SMILES string of the molecule is CC(C)(N)C/C=C/C(=O)O.CNC(=O)[C@@H](Cc1ccc(F)cc1)N(C)C(=O)[C@@H](Cc1ccc2ccccc2c1)NC. The van der Waals surface area contributed by atoms with Gasteiger partial charge in [-0.3, -0.25) is 9.59 Å². The minimum Gasteiger partial charge on any atom is -0.478 e. The van der Waals surface area contributed by atoms with Crippen molar-refractivity contribution in [3.63, 3.8) is 0 Å². The standard InChI is InChI=1S/C25H28FN3O2.C7H13NO2/c1-27-22(15-18-8-11-19-6-4-5-7-20(19)14-18)25(31)29(3)23(24(30)28-2)16-17-9-12-21(26)13-10-17;1-7(2,8)5-3-4-6(9)10/h4-14,22-23,27H,15-16H2,1-3H3,(H,28,30);3-4H,5,8H2,1-2H3,(H,9,10)/b;4-3+/t22-,23-;/m1./s1. The fourth-order valence-corrected chi connectivity index (χ4v) is 4.19. The molecule has 0 spiro atoms. The van der Waals surface area contributed by atoms with Crippen LogP contribution in [-0.4, -0.2) is 66.6 Å². The van der Waals surface area contributed by atoms with Gasteiger partial charge in [0.15, 0.2) is 0 Å². The monoisotopic (exact) mass is 564 g/mol. The van der Waals surface area contributed by atoms with Gasteiger partial charge in [-0.2, -0.15) is 0 Å². The second-order valence-corrected chi connectivity index (χ2v) is 10.6. The number of rotatable bonds is 11. The zero-order chi connectivity index (χ0) is 30.6. The van der Waals surface area contributed by atoms with Crippen molar-refractivity contribution in [3.05, 3.63) is 95.8 Å². The van der Waals surface area contributed by atoms with Gasteiger partial charge in [0.05, 0.1) is 6.04 Å². The van der Waals surface area contributed by atoms with Crippen LogP contribution in [0.1, 0.15) is 31.4 Å². The highest BCUT2D eigenvalue weighted by Crippen LogP contribution is 2.18. The topological polar surface area (TPSA) is 125 Å². The lowest BCUT2D eigenvalue weighted by Gasteiger charge is -2.30. The van der Waals surface area contributed by atoms with Crippen molar-refractivity contribution in [2.24, 2.45) is 5.73 Å². The molecule has 0 bridgehead atoms. The molecule has 8 nitrogen and oxygen atoms in total. The number of nitrogens with zero attached hydrogens (tertiary/aromatic N) is 1. The molecule has 5 N–H and O–H groups in total. The van der Waals surface area contributed by atoms with E-state index >= 15 is 0 Å². The predicted octanol–water partition coefficient (Wildman–Crippen LogP) is 3.68. The maximum absolute atomic E-state index is 13.3. The summed E-state index contributed by atoms with van der Waals surface area (Å²) in [5, 5.41) is 16.2. The van der Waals surface area contributed by atoms with E-state index in [2.05, 4.69) is 22.8 Å². The van der Waals surface area contributed by atoms with Crippen molar-refractivity contribution in [3.8, 4) is 0 Å². The van der Waals surface area contributed by atoms with Crippen molar-refractivity contribution in [1.82, 2.24) is 15.5 Å². The first-order valence-electron chi connectivity index (χ1n) is 13.4. The molecule has 3 rings (SSSR count). The third-order valence-electron chi connectivity index (χ3n) is 6.51. The summed E-state index contributed by atoms with van der Waals surface area (Å²) in [7, 11) is 4.92. The van der Waals surface area contributed by atoms with E-state index in [9.17, 15) is 18.8 Å². The van der Waals surface area contributed by atoms with Gasteiger partial charge in [0.25, 0.3) is 0 Å². The molecule has 41 heavy (non-hydrogen) atoms. The van der Waals surface area contributed by atoms with Crippen LogP contribution in [0.4, 0.5) is 4.39 Å². The number of hydrogen-bond donors (Lipinski definition) is 4. The van der Waals surface area contributed by atoms with E-state index in [1.165, 1.54) is 17.0 Å². The normalized spacial score (nSPS) is 12.8. The Bertz CT molecular complexity index is 1340. The van der Waals surface area contributed by atoms with Gasteiger partial charge < -0.3 is 26.4 Å². The highest BCUT2D eigenvalue weighted by atomic mass is 19.1. The van der Waals surface area contributed by atoms with Gasteiger partial charge in [0.2, 0.25) is 11.8 Å². The Hall–Kier alpha value is -4.08. The molecular weight excluding hydrogens is 523 g/mol. The number of carboxylic acids is 1. The Kier molecular flexibility index (Phi) is 12.6. The molecule has 220 valence electrons. The number of amides is 2. The van der Waals surface area contributed by atoms with Crippen LogP contribution < -0.4 is 16.4 Å². The molecule has 9 heteroatoms. The lowest BCUT2D eigenvalue weighted by molar-refractivity contribution is -0.140. The number of hydrogen-bond acceptors (Lipinski definition) is 5. The molecule has 0 fully saturated rings. The summed E-state index contributed by atoms with van der Waals surface area (Å²) in [5.74, 6) is -1.70. The molecule has 0 saturated heterocycles. The van der Waals surface area contributed by atoms with Crippen LogP contribution >= 0.6 is 0 Å². The molecule has 0 aliphatic heterocycles. The Morgan fingerprint density at radius 3 is 2.15 bits per heavy atom. The number of nitrogens with two attached hydrogens (primary N) is 1. The minimum absolute atomic E-state index is 0.175. The first-order valence-corrected chi connectivity index (χ1v) is 13.4. The smallest absolute Gasteiger partial charge is 0.327 e. The number of fused-ring (bicyclic) bond motifs is 1. The second kappa shape index (κ2) is 15.6.